The van der Waals surface area contributed by atoms with Crippen LogP contribution < -0.4 is 14.4 Å². The third-order valence-electron chi connectivity index (χ3n) is 4.64. The maximum atomic E-state index is 13.1. The number of nitrogens with one attached hydrogen (secondary N) is 1. The molecule has 0 unspecified atom stereocenters. The number of rotatable bonds is 7. The van der Waals surface area contributed by atoms with Gasteiger partial charge in [0.2, 0.25) is 0 Å². The van der Waals surface area contributed by atoms with Gasteiger partial charge < -0.3 is 10.1 Å². The fourth-order valence-corrected chi connectivity index (χ4v) is 4.35. The number of anilines is 2. The van der Waals surface area contributed by atoms with Crippen LogP contribution in [0.2, 0.25) is 0 Å². The van der Waals surface area contributed by atoms with Crippen LogP contribution in [0.4, 0.5) is 11.4 Å². The minimum Gasteiger partial charge on any atom is -0.492 e. The van der Waals surface area contributed by atoms with Crippen molar-refractivity contribution in [2.45, 2.75) is 18.7 Å². The molecule has 0 saturated heterocycles. The van der Waals surface area contributed by atoms with Gasteiger partial charge in [-0.25, -0.2) is 8.42 Å². The zero-order valence-corrected chi connectivity index (χ0v) is 17.9. The molecule has 0 spiro atoms. The highest BCUT2D eigenvalue weighted by molar-refractivity contribution is 7.92. The SMILES string of the molecule is CCOc1ccccc1NC(=O)c1cccc(S(=O)(=O)N(C)c2ccccc2C)c1. The molecule has 0 aliphatic rings. The molecule has 6 nitrogen and oxygen atoms in total. The maximum absolute atomic E-state index is 13.1. The first-order chi connectivity index (χ1) is 14.3. The van der Waals surface area contributed by atoms with E-state index in [0.717, 1.165) is 5.56 Å². The number of sulfonamides is 1. The van der Waals surface area contributed by atoms with Crippen molar-refractivity contribution in [2.75, 3.05) is 23.3 Å². The smallest absolute Gasteiger partial charge is 0.264 e. The molecule has 0 aliphatic carbocycles. The first-order valence-electron chi connectivity index (χ1n) is 9.52. The molecule has 3 aromatic carbocycles. The Morgan fingerprint density at radius 1 is 1.00 bits per heavy atom. The average molecular weight is 425 g/mol. The quantitative estimate of drug-likeness (QED) is 0.607. The largest absolute Gasteiger partial charge is 0.492 e. The Kier molecular flexibility index (Phi) is 6.42. The summed E-state index contributed by atoms with van der Waals surface area (Å²) in [5, 5.41) is 2.79. The van der Waals surface area contributed by atoms with Crippen molar-refractivity contribution in [3.8, 4) is 5.75 Å². The van der Waals surface area contributed by atoms with Crippen LogP contribution in [0.15, 0.2) is 77.7 Å². The highest BCUT2D eigenvalue weighted by Gasteiger charge is 2.23. The summed E-state index contributed by atoms with van der Waals surface area (Å²) in [4.78, 5) is 12.8. The number of carbonyl (C=O) groups is 1. The van der Waals surface area contributed by atoms with Crippen molar-refractivity contribution in [1.82, 2.24) is 0 Å². The Labute approximate surface area is 177 Å². The lowest BCUT2D eigenvalue weighted by molar-refractivity contribution is 0.102. The predicted molar refractivity (Wildman–Crippen MR) is 119 cm³/mol. The fraction of sp³-hybridized carbons (Fsp3) is 0.174. The number of amides is 1. The molecule has 0 aliphatic heterocycles. The lowest BCUT2D eigenvalue weighted by Gasteiger charge is -2.21. The first kappa shape index (κ1) is 21.4. The molecular formula is C23H24N2O4S. The van der Waals surface area contributed by atoms with Crippen molar-refractivity contribution in [1.29, 1.82) is 0 Å². The summed E-state index contributed by atoms with van der Waals surface area (Å²) in [6.07, 6.45) is 0. The van der Waals surface area contributed by atoms with E-state index >= 15 is 0 Å². The summed E-state index contributed by atoms with van der Waals surface area (Å²) in [6.45, 7) is 4.17. The Balaban J connectivity index is 1.89. The van der Waals surface area contributed by atoms with Crippen molar-refractivity contribution in [2.24, 2.45) is 0 Å². The van der Waals surface area contributed by atoms with Crippen LogP contribution in [0, 0.1) is 6.92 Å². The molecule has 0 bridgehead atoms. The molecule has 7 heteroatoms. The van der Waals surface area contributed by atoms with Crippen LogP contribution in [-0.2, 0) is 10.0 Å². The number of carbonyl (C=O) groups excluding carboxylic acids is 1. The van der Waals surface area contributed by atoms with Gasteiger partial charge in [-0.1, -0.05) is 36.4 Å². The van der Waals surface area contributed by atoms with Crippen molar-refractivity contribution < 1.29 is 17.9 Å². The van der Waals surface area contributed by atoms with Gasteiger partial charge in [0, 0.05) is 12.6 Å². The maximum Gasteiger partial charge on any atom is 0.264 e. The van der Waals surface area contributed by atoms with Crippen molar-refractivity contribution in [3.63, 3.8) is 0 Å². The molecule has 0 fully saturated rings. The van der Waals surface area contributed by atoms with E-state index < -0.39 is 15.9 Å². The van der Waals surface area contributed by atoms with Crippen LogP contribution in [0.5, 0.6) is 5.75 Å². The number of nitrogens with zero attached hydrogens (tertiary/aromatic N) is 1. The Morgan fingerprint density at radius 3 is 2.43 bits per heavy atom. The number of hydrogen-bond acceptors (Lipinski definition) is 4. The molecule has 30 heavy (non-hydrogen) atoms. The summed E-state index contributed by atoms with van der Waals surface area (Å²) in [6, 6.07) is 20.3. The minimum atomic E-state index is -3.83. The third-order valence-corrected chi connectivity index (χ3v) is 6.41. The predicted octanol–water partition coefficient (Wildman–Crippen LogP) is 4.47. The Morgan fingerprint density at radius 2 is 1.70 bits per heavy atom. The third kappa shape index (κ3) is 4.46. The van der Waals surface area contributed by atoms with Crippen LogP contribution in [0.1, 0.15) is 22.8 Å². The summed E-state index contributed by atoms with van der Waals surface area (Å²) >= 11 is 0. The summed E-state index contributed by atoms with van der Waals surface area (Å²) in [7, 11) is -2.33. The first-order valence-corrected chi connectivity index (χ1v) is 11.0. The van der Waals surface area contributed by atoms with E-state index in [0.29, 0.717) is 23.7 Å². The number of benzene rings is 3. The van der Waals surface area contributed by atoms with E-state index in [9.17, 15) is 13.2 Å². The second-order valence-corrected chi connectivity index (χ2v) is 8.64. The van der Waals surface area contributed by atoms with Gasteiger partial charge in [-0.2, -0.15) is 0 Å². The second-order valence-electron chi connectivity index (χ2n) is 6.67. The van der Waals surface area contributed by atoms with E-state index in [4.69, 9.17) is 4.74 Å². The van der Waals surface area contributed by atoms with Gasteiger partial charge in [-0.15, -0.1) is 0 Å². The monoisotopic (exact) mass is 424 g/mol. The van der Waals surface area contributed by atoms with Gasteiger partial charge in [0.05, 0.1) is 22.9 Å². The van der Waals surface area contributed by atoms with Gasteiger partial charge in [0.15, 0.2) is 0 Å². The number of aryl methyl sites for hydroxylation is 1. The molecule has 3 aromatic rings. The zero-order valence-electron chi connectivity index (χ0n) is 17.1. The van der Waals surface area contributed by atoms with Gasteiger partial charge in [-0.05, 0) is 55.8 Å². The standard InChI is InChI=1S/C23H24N2O4S/c1-4-29-22-15-8-6-13-20(22)24-23(26)18-11-9-12-19(16-18)30(27,28)25(3)21-14-7-5-10-17(21)2/h5-16H,4H2,1-3H3,(H,24,26). The van der Waals surface area contributed by atoms with Gasteiger partial charge in [0.25, 0.3) is 15.9 Å². The lowest BCUT2D eigenvalue weighted by Crippen LogP contribution is -2.27. The molecular weight excluding hydrogens is 400 g/mol. The molecule has 1 amide bonds. The van der Waals surface area contributed by atoms with Gasteiger partial charge in [0.1, 0.15) is 5.75 Å². The van der Waals surface area contributed by atoms with E-state index in [1.54, 1.807) is 42.5 Å². The summed E-state index contributed by atoms with van der Waals surface area (Å²) in [5.41, 5.74) is 2.18. The Hall–Kier alpha value is -3.32. The molecule has 0 atom stereocenters. The lowest BCUT2D eigenvalue weighted by atomic mass is 10.2. The highest BCUT2D eigenvalue weighted by atomic mass is 32.2. The molecule has 0 saturated carbocycles. The van der Waals surface area contributed by atoms with E-state index in [1.807, 2.05) is 32.0 Å². The fourth-order valence-electron chi connectivity index (χ4n) is 3.05. The topological polar surface area (TPSA) is 75.7 Å². The van der Waals surface area contributed by atoms with E-state index in [-0.39, 0.29) is 10.5 Å². The molecule has 156 valence electrons. The van der Waals surface area contributed by atoms with Gasteiger partial charge in [-0.3, -0.25) is 9.10 Å². The molecule has 0 aromatic heterocycles. The molecule has 0 radical (unpaired) electrons. The molecule has 0 heterocycles. The number of para-hydroxylation sites is 3. The van der Waals surface area contributed by atoms with Crippen molar-refractivity contribution >= 4 is 27.3 Å². The summed E-state index contributed by atoms with van der Waals surface area (Å²) in [5.74, 6) is 0.133. The normalized spacial score (nSPS) is 11.0. The average Bonchev–Trinajstić information content (AvgIpc) is 2.75. The molecule has 1 N–H and O–H groups in total. The van der Waals surface area contributed by atoms with E-state index in [2.05, 4.69) is 5.32 Å². The minimum absolute atomic E-state index is 0.0407. The Bertz CT molecular complexity index is 1160. The second kappa shape index (κ2) is 9.00. The zero-order chi connectivity index (χ0) is 21.7. The number of hydrogen-bond donors (Lipinski definition) is 1. The van der Waals surface area contributed by atoms with Crippen LogP contribution in [0.3, 0.4) is 0 Å². The highest BCUT2D eigenvalue weighted by Crippen LogP contribution is 2.27. The van der Waals surface area contributed by atoms with Crippen LogP contribution in [0.25, 0.3) is 0 Å². The number of ether oxygens (including phenoxy) is 1. The summed E-state index contributed by atoms with van der Waals surface area (Å²) < 4.78 is 33.0. The van der Waals surface area contributed by atoms with Crippen LogP contribution in [-0.4, -0.2) is 28.0 Å². The van der Waals surface area contributed by atoms with Crippen LogP contribution >= 0.6 is 0 Å². The van der Waals surface area contributed by atoms with E-state index in [1.165, 1.54) is 23.5 Å². The van der Waals surface area contributed by atoms with Gasteiger partial charge >= 0.3 is 0 Å². The molecule has 3 rings (SSSR count). The van der Waals surface area contributed by atoms with Crippen molar-refractivity contribution in [3.05, 3.63) is 83.9 Å².